The molecule has 0 saturated carbocycles. The maximum atomic E-state index is 10.5. The number of carbonyl (C=O) groups is 1. The summed E-state index contributed by atoms with van der Waals surface area (Å²) in [7, 11) is 1.50. The summed E-state index contributed by atoms with van der Waals surface area (Å²) >= 11 is 0. The smallest absolute Gasteiger partial charge is 0.241 e. The third-order valence-corrected chi connectivity index (χ3v) is 1.02. The predicted octanol–water partition coefficient (Wildman–Crippen LogP) is -0.487. The van der Waals surface area contributed by atoms with E-state index in [1.165, 1.54) is 7.05 Å². The Balaban J connectivity index is 2.43. The van der Waals surface area contributed by atoms with Gasteiger partial charge in [-0.15, -0.1) is 0 Å². The predicted molar refractivity (Wildman–Crippen MR) is 24.3 cm³/mol. The van der Waals surface area contributed by atoms with Gasteiger partial charge in [-0.1, -0.05) is 0 Å². The number of hydroxylamine groups is 3. The van der Waals surface area contributed by atoms with Gasteiger partial charge < -0.3 is 9.85 Å². The molecule has 0 aromatic rings. The minimum absolute atomic E-state index is 0.0810. The van der Waals surface area contributed by atoms with Crippen LogP contribution in [0.5, 0.6) is 0 Å². The Labute approximate surface area is 41.7 Å². The Morgan fingerprint density at radius 1 is 1.71 bits per heavy atom. The standard InChI is InChI=1S/C4H7NO2/c1-5(7)2-4(6)3-5/h2-3H2,1H3. The van der Waals surface area contributed by atoms with Gasteiger partial charge in [0.05, 0.1) is 7.05 Å². The first-order valence-corrected chi connectivity index (χ1v) is 2.17. The van der Waals surface area contributed by atoms with Crippen molar-refractivity contribution in [2.24, 2.45) is 0 Å². The van der Waals surface area contributed by atoms with Crippen LogP contribution in [0.3, 0.4) is 0 Å². The summed E-state index contributed by atoms with van der Waals surface area (Å²) in [6, 6.07) is 0. The highest BCUT2D eigenvalue weighted by Crippen LogP contribution is 2.08. The highest BCUT2D eigenvalue weighted by molar-refractivity contribution is 5.84. The van der Waals surface area contributed by atoms with Gasteiger partial charge in [-0.2, -0.15) is 0 Å². The van der Waals surface area contributed by atoms with Crippen LogP contribution in [0.2, 0.25) is 0 Å². The van der Waals surface area contributed by atoms with Crippen LogP contribution in [-0.4, -0.2) is 30.6 Å². The zero-order valence-electron chi connectivity index (χ0n) is 4.18. The molecule has 0 aromatic heterocycles. The molecule has 0 aliphatic carbocycles. The molecule has 0 radical (unpaired) electrons. The van der Waals surface area contributed by atoms with Crippen LogP contribution in [-0.2, 0) is 4.79 Å². The number of likely N-dealkylation sites (tertiary alicyclic amines) is 1. The van der Waals surface area contributed by atoms with E-state index in [0.717, 1.165) is 0 Å². The number of hydrogen-bond acceptors (Lipinski definition) is 2. The van der Waals surface area contributed by atoms with Crippen LogP contribution in [0.1, 0.15) is 0 Å². The molecule has 1 heterocycles. The second kappa shape index (κ2) is 1.05. The number of carbonyl (C=O) groups excluding carboxylic acids is 1. The minimum atomic E-state index is -0.362. The van der Waals surface area contributed by atoms with Gasteiger partial charge in [-0.25, -0.2) is 0 Å². The van der Waals surface area contributed by atoms with E-state index in [0.29, 0.717) is 0 Å². The third-order valence-electron chi connectivity index (χ3n) is 1.02. The number of likely N-dealkylation sites (N-methyl/N-ethyl adjacent to an activating group) is 1. The molecule has 1 fully saturated rings. The van der Waals surface area contributed by atoms with E-state index in [9.17, 15) is 10.0 Å². The molecule has 0 unspecified atom stereocenters. The fourth-order valence-electron chi connectivity index (χ4n) is 0.700. The van der Waals surface area contributed by atoms with Crippen molar-refractivity contribution < 1.29 is 9.44 Å². The summed E-state index contributed by atoms with van der Waals surface area (Å²) < 4.78 is -0.362. The van der Waals surface area contributed by atoms with Crippen molar-refractivity contribution in [1.82, 2.24) is 0 Å². The van der Waals surface area contributed by atoms with E-state index < -0.39 is 0 Å². The normalized spacial score (nSPS) is 26.9. The number of quaternary nitrogens is 1. The number of nitrogens with zero attached hydrogens (tertiary/aromatic N) is 1. The van der Waals surface area contributed by atoms with Crippen LogP contribution < -0.4 is 0 Å². The van der Waals surface area contributed by atoms with Crippen LogP contribution >= 0.6 is 0 Å². The first-order valence-electron chi connectivity index (χ1n) is 2.17. The van der Waals surface area contributed by atoms with Crippen molar-refractivity contribution in [3.05, 3.63) is 5.21 Å². The van der Waals surface area contributed by atoms with Gasteiger partial charge in [0, 0.05) is 0 Å². The van der Waals surface area contributed by atoms with Crippen LogP contribution in [0.15, 0.2) is 0 Å². The molecule has 1 saturated heterocycles. The molecule has 0 bridgehead atoms. The summed E-state index contributed by atoms with van der Waals surface area (Å²) in [5.74, 6) is 0.0810. The van der Waals surface area contributed by atoms with Crippen molar-refractivity contribution in [2.75, 3.05) is 20.1 Å². The molecule has 3 nitrogen and oxygen atoms in total. The number of hydrogen-bond donors (Lipinski definition) is 0. The van der Waals surface area contributed by atoms with Crippen molar-refractivity contribution in [2.45, 2.75) is 0 Å². The van der Waals surface area contributed by atoms with Crippen molar-refractivity contribution >= 4 is 5.78 Å². The monoisotopic (exact) mass is 101 g/mol. The third kappa shape index (κ3) is 0.783. The van der Waals surface area contributed by atoms with E-state index in [-0.39, 0.29) is 23.5 Å². The first-order chi connectivity index (χ1) is 3.10. The van der Waals surface area contributed by atoms with Gasteiger partial charge in [0.25, 0.3) is 0 Å². The molecular weight excluding hydrogens is 94.0 g/mol. The summed E-state index contributed by atoms with van der Waals surface area (Å²) in [5.41, 5.74) is 0. The highest BCUT2D eigenvalue weighted by Gasteiger charge is 2.30. The molecule has 0 amide bonds. The van der Waals surface area contributed by atoms with Crippen LogP contribution in [0.25, 0.3) is 0 Å². The zero-order chi connectivity index (χ0) is 5.49. The van der Waals surface area contributed by atoms with Gasteiger partial charge in [0.1, 0.15) is 13.1 Å². The fraction of sp³-hybridized carbons (Fsp3) is 0.750. The second-order valence-corrected chi connectivity index (χ2v) is 2.15. The molecule has 0 spiro atoms. The average molecular weight is 101 g/mol. The van der Waals surface area contributed by atoms with Gasteiger partial charge in [-0.3, -0.25) is 4.79 Å². The minimum Gasteiger partial charge on any atom is -0.632 e. The maximum Gasteiger partial charge on any atom is 0.241 e. The molecule has 7 heavy (non-hydrogen) atoms. The SMILES string of the molecule is C[N+]1([O-])CC(=O)C1. The molecular formula is C4H7NO2. The maximum absolute atomic E-state index is 10.5. The summed E-state index contributed by atoms with van der Waals surface area (Å²) in [4.78, 5) is 10.1. The molecule has 1 aliphatic heterocycles. The van der Waals surface area contributed by atoms with E-state index in [4.69, 9.17) is 0 Å². The molecule has 0 N–H and O–H groups in total. The molecule has 1 rings (SSSR count). The van der Waals surface area contributed by atoms with E-state index in [2.05, 4.69) is 0 Å². The second-order valence-electron chi connectivity index (χ2n) is 2.15. The topological polar surface area (TPSA) is 40.1 Å². The fourth-order valence-corrected chi connectivity index (χ4v) is 0.700. The summed E-state index contributed by atoms with van der Waals surface area (Å²) in [6.07, 6.45) is 0. The van der Waals surface area contributed by atoms with E-state index >= 15 is 0 Å². The number of ketones is 1. The van der Waals surface area contributed by atoms with E-state index in [1.807, 2.05) is 0 Å². The molecule has 40 valence electrons. The molecule has 0 atom stereocenters. The van der Waals surface area contributed by atoms with Crippen LogP contribution in [0.4, 0.5) is 0 Å². The summed E-state index contributed by atoms with van der Waals surface area (Å²) in [5, 5.41) is 10.5. The van der Waals surface area contributed by atoms with Crippen molar-refractivity contribution in [1.29, 1.82) is 0 Å². The lowest BCUT2D eigenvalue weighted by Gasteiger charge is -2.44. The van der Waals surface area contributed by atoms with Crippen molar-refractivity contribution in [3.8, 4) is 0 Å². The quantitative estimate of drug-likeness (QED) is 0.305. The molecule has 1 aliphatic rings. The Morgan fingerprint density at radius 2 is 2.14 bits per heavy atom. The number of rotatable bonds is 0. The van der Waals surface area contributed by atoms with Gasteiger partial charge >= 0.3 is 0 Å². The van der Waals surface area contributed by atoms with Gasteiger partial charge in [-0.05, 0) is 0 Å². The Bertz CT molecular complexity index is 98.3. The lowest BCUT2D eigenvalue weighted by atomic mass is 10.2. The largest absolute Gasteiger partial charge is 0.632 e. The lowest BCUT2D eigenvalue weighted by molar-refractivity contribution is -0.868. The Morgan fingerprint density at radius 3 is 2.14 bits per heavy atom. The highest BCUT2D eigenvalue weighted by atomic mass is 16.5. The average Bonchev–Trinajstić information content (AvgIpc) is 1.27. The van der Waals surface area contributed by atoms with Gasteiger partial charge in [0.15, 0.2) is 0 Å². The Hall–Kier alpha value is -0.410. The van der Waals surface area contributed by atoms with Gasteiger partial charge in [0.2, 0.25) is 5.78 Å². The zero-order valence-corrected chi connectivity index (χ0v) is 4.18. The summed E-state index contributed by atoms with van der Waals surface area (Å²) in [6.45, 7) is 0.361. The van der Waals surface area contributed by atoms with Crippen LogP contribution in [0, 0.1) is 5.21 Å². The molecule has 3 heteroatoms. The lowest BCUT2D eigenvalue weighted by Crippen LogP contribution is -2.57. The number of Topliss-reactive ketones (excluding diaryl/α,β-unsaturated/α-hetero) is 1. The molecule has 0 aromatic carbocycles. The van der Waals surface area contributed by atoms with E-state index in [1.54, 1.807) is 0 Å². The first kappa shape index (κ1) is 4.74. The Kier molecular flexibility index (Phi) is 0.711. The van der Waals surface area contributed by atoms with Crippen molar-refractivity contribution in [3.63, 3.8) is 0 Å².